The largest absolute Gasteiger partial charge is 0.469 e. The highest BCUT2D eigenvalue weighted by molar-refractivity contribution is 7.98. The van der Waals surface area contributed by atoms with Crippen molar-refractivity contribution in [2.24, 2.45) is 7.05 Å². The molecule has 0 saturated carbocycles. The van der Waals surface area contributed by atoms with Gasteiger partial charge in [-0.25, -0.2) is 4.68 Å². The van der Waals surface area contributed by atoms with E-state index in [0.29, 0.717) is 38.6 Å². The summed E-state index contributed by atoms with van der Waals surface area (Å²) in [5.41, 5.74) is 2.71. The fraction of sp³-hybridized carbons (Fsp3) is 0.250. The zero-order valence-corrected chi connectivity index (χ0v) is 16.0. The van der Waals surface area contributed by atoms with E-state index in [2.05, 4.69) is 25.4 Å². The summed E-state index contributed by atoms with van der Waals surface area (Å²) in [6.45, 7) is 0. The van der Waals surface area contributed by atoms with E-state index in [9.17, 15) is 4.79 Å². The fourth-order valence-corrected chi connectivity index (χ4v) is 3.50. The molecule has 138 valence electrons. The van der Waals surface area contributed by atoms with Gasteiger partial charge < -0.3 is 4.74 Å². The zero-order valence-electron chi connectivity index (χ0n) is 14.5. The number of carbonyl (C=O) groups is 1. The molecule has 0 fully saturated rings. The first-order valence-electron chi connectivity index (χ1n) is 7.94. The molecule has 0 saturated heterocycles. The van der Waals surface area contributed by atoms with Gasteiger partial charge in [0.15, 0.2) is 11.2 Å². The lowest BCUT2D eigenvalue weighted by molar-refractivity contribution is -0.139. The zero-order chi connectivity index (χ0) is 19.0. The number of rotatable bonds is 5. The highest BCUT2D eigenvalue weighted by atomic mass is 35.5. The molecule has 0 amide bonds. The first-order valence-corrected chi connectivity index (χ1v) is 9.30. The summed E-state index contributed by atoms with van der Waals surface area (Å²) >= 11 is 7.39. The monoisotopic (exact) mass is 403 g/mol. The molecule has 4 rings (SSSR count). The van der Waals surface area contributed by atoms with Crippen LogP contribution in [0.15, 0.2) is 29.4 Å². The maximum atomic E-state index is 11.6. The van der Waals surface area contributed by atoms with Gasteiger partial charge in [-0.05, 0) is 17.7 Å². The van der Waals surface area contributed by atoms with Crippen LogP contribution in [0, 0.1) is 0 Å². The summed E-state index contributed by atoms with van der Waals surface area (Å²) in [7, 11) is 3.09. The van der Waals surface area contributed by atoms with Crippen LogP contribution in [0.25, 0.3) is 16.9 Å². The molecule has 0 aliphatic carbocycles. The minimum Gasteiger partial charge on any atom is -0.469 e. The van der Waals surface area contributed by atoms with Gasteiger partial charge in [0, 0.05) is 17.8 Å². The van der Waals surface area contributed by atoms with Gasteiger partial charge in [0.05, 0.1) is 13.5 Å². The first kappa shape index (κ1) is 17.7. The van der Waals surface area contributed by atoms with Crippen molar-refractivity contribution < 1.29 is 9.53 Å². The van der Waals surface area contributed by atoms with Gasteiger partial charge in [-0.3, -0.25) is 4.79 Å². The molecule has 9 nitrogen and oxygen atoms in total. The number of thioether (sulfide) groups is 1. The molecule has 3 aromatic heterocycles. The molecule has 0 radical (unpaired) electrons. The minimum atomic E-state index is -0.394. The summed E-state index contributed by atoms with van der Waals surface area (Å²) in [4.78, 5) is 16.0. The first-order chi connectivity index (χ1) is 13.0. The van der Waals surface area contributed by atoms with E-state index in [4.69, 9.17) is 16.3 Å². The Morgan fingerprint density at radius 3 is 2.74 bits per heavy atom. The van der Waals surface area contributed by atoms with Gasteiger partial charge in [-0.1, -0.05) is 35.5 Å². The average molecular weight is 404 g/mol. The Bertz CT molecular complexity index is 1140. The van der Waals surface area contributed by atoms with E-state index in [0.717, 1.165) is 5.56 Å². The number of aromatic nitrogens is 7. The summed E-state index contributed by atoms with van der Waals surface area (Å²) in [6, 6.07) is 7.62. The third-order valence-electron chi connectivity index (χ3n) is 3.89. The third kappa shape index (κ3) is 3.45. The van der Waals surface area contributed by atoms with Crippen LogP contribution in [0.3, 0.4) is 0 Å². The van der Waals surface area contributed by atoms with E-state index >= 15 is 0 Å². The molecule has 4 aromatic rings. The molecule has 1 aromatic carbocycles. The number of carbonyl (C=O) groups excluding carboxylic acids is 1. The van der Waals surface area contributed by atoms with Crippen LogP contribution in [0.4, 0.5) is 0 Å². The van der Waals surface area contributed by atoms with Crippen LogP contribution in [0.1, 0.15) is 11.3 Å². The Balaban J connectivity index is 1.66. The van der Waals surface area contributed by atoms with Crippen molar-refractivity contribution in [2.75, 3.05) is 7.11 Å². The van der Waals surface area contributed by atoms with Crippen molar-refractivity contribution in [3.05, 3.63) is 40.5 Å². The Kier molecular flexibility index (Phi) is 4.66. The Morgan fingerprint density at radius 1 is 1.22 bits per heavy atom. The van der Waals surface area contributed by atoms with Gasteiger partial charge in [-0.15, -0.1) is 15.3 Å². The smallest absolute Gasteiger partial charge is 0.311 e. The van der Waals surface area contributed by atoms with Crippen molar-refractivity contribution in [1.82, 2.24) is 34.6 Å². The Labute approximate surface area is 162 Å². The molecule has 0 spiro atoms. The second-order valence-electron chi connectivity index (χ2n) is 5.72. The summed E-state index contributed by atoms with van der Waals surface area (Å²) in [6.07, 6.45) is 0.0148. The number of ether oxygens (including phenoxy) is 1. The molecule has 0 aliphatic rings. The van der Waals surface area contributed by atoms with E-state index in [1.807, 2.05) is 24.3 Å². The highest BCUT2D eigenvalue weighted by Crippen LogP contribution is 2.23. The lowest BCUT2D eigenvalue weighted by Crippen LogP contribution is -2.06. The SMILES string of the molecule is COC(=O)Cc1nn(C)c2c1nnc1nc(SCc3ccc(Cl)cc3)nn12. The van der Waals surface area contributed by atoms with Crippen molar-refractivity contribution in [3.63, 3.8) is 0 Å². The van der Waals surface area contributed by atoms with Crippen LogP contribution in [0.5, 0.6) is 0 Å². The molecular formula is C16H14ClN7O2S. The van der Waals surface area contributed by atoms with Gasteiger partial charge >= 0.3 is 5.97 Å². The number of esters is 1. The van der Waals surface area contributed by atoms with Crippen molar-refractivity contribution in [3.8, 4) is 0 Å². The number of benzene rings is 1. The topological polar surface area (TPSA) is 100 Å². The number of aryl methyl sites for hydroxylation is 1. The lowest BCUT2D eigenvalue weighted by Gasteiger charge is -1.98. The molecule has 27 heavy (non-hydrogen) atoms. The average Bonchev–Trinajstić information content (AvgIpc) is 3.21. The van der Waals surface area contributed by atoms with Gasteiger partial charge in [0.2, 0.25) is 5.16 Å². The number of hydrogen-bond acceptors (Lipinski definition) is 8. The molecule has 11 heteroatoms. The van der Waals surface area contributed by atoms with Gasteiger partial charge in [0.25, 0.3) is 5.78 Å². The second kappa shape index (κ2) is 7.12. The molecule has 0 N–H and O–H groups in total. The lowest BCUT2D eigenvalue weighted by atomic mass is 10.2. The molecule has 0 aliphatic heterocycles. The highest BCUT2D eigenvalue weighted by Gasteiger charge is 2.19. The van der Waals surface area contributed by atoms with Crippen molar-refractivity contribution in [1.29, 1.82) is 0 Å². The summed E-state index contributed by atoms with van der Waals surface area (Å²) in [5, 5.41) is 18.4. The van der Waals surface area contributed by atoms with Crippen LogP contribution in [-0.4, -0.2) is 47.7 Å². The Morgan fingerprint density at radius 2 is 2.00 bits per heavy atom. The maximum Gasteiger partial charge on any atom is 0.311 e. The predicted molar refractivity (Wildman–Crippen MR) is 99.6 cm³/mol. The van der Waals surface area contributed by atoms with E-state index in [-0.39, 0.29) is 6.42 Å². The van der Waals surface area contributed by atoms with E-state index in [1.165, 1.54) is 18.9 Å². The molecule has 3 heterocycles. The summed E-state index contributed by atoms with van der Waals surface area (Å²) < 4.78 is 7.89. The van der Waals surface area contributed by atoms with Crippen molar-refractivity contribution in [2.45, 2.75) is 17.3 Å². The number of hydrogen-bond donors (Lipinski definition) is 0. The molecule has 0 atom stereocenters. The number of halogens is 1. The summed E-state index contributed by atoms with van der Waals surface area (Å²) in [5.74, 6) is 0.673. The predicted octanol–water partition coefficient (Wildman–Crippen LogP) is 2.07. The fourth-order valence-electron chi connectivity index (χ4n) is 2.60. The van der Waals surface area contributed by atoms with Crippen LogP contribution >= 0.6 is 23.4 Å². The molecule has 0 unspecified atom stereocenters. The normalized spacial score (nSPS) is 11.4. The quantitative estimate of drug-likeness (QED) is 0.368. The second-order valence-corrected chi connectivity index (χ2v) is 7.10. The van der Waals surface area contributed by atoms with Crippen molar-refractivity contribution >= 4 is 46.3 Å². The van der Waals surface area contributed by atoms with E-state index < -0.39 is 5.97 Å². The third-order valence-corrected chi connectivity index (χ3v) is 5.05. The molecule has 0 bridgehead atoms. The van der Waals surface area contributed by atoms with Gasteiger partial charge in [0.1, 0.15) is 5.69 Å². The van der Waals surface area contributed by atoms with Gasteiger partial charge in [-0.2, -0.15) is 14.6 Å². The molecular weight excluding hydrogens is 390 g/mol. The number of methoxy groups -OCH3 is 1. The maximum absolute atomic E-state index is 11.6. The Hall–Kier alpha value is -2.72. The van der Waals surface area contributed by atoms with Crippen LogP contribution in [-0.2, 0) is 28.8 Å². The van der Waals surface area contributed by atoms with E-state index in [1.54, 1.807) is 16.2 Å². The number of fused-ring (bicyclic) bond motifs is 3. The van der Waals surface area contributed by atoms with Crippen LogP contribution in [0.2, 0.25) is 5.02 Å². The standard InChI is InChI=1S/C16H14ClN7O2S/c1-23-14-13(11(21-23)7-12(25)26-2)19-20-15-18-16(22-24(14)15)27-8-9-3-5-10(17)6-4-9/h3-6H,7-8H2,1-2H3. The number of nitrogens with zero attached hydrogens (tertiary/aromatic N) is 7. The minimum absolute atomic E-state index is 0.0148. The van der Waals surface area contributed by atoms with Crippen LogP contribution < -0.4 is 0 Å².